The van der Waals surface area contributed by atoms with Crippen LogP contribution in [0.5, 0.6) is 0 Å². The lowest BCUT2D eigenvalue weighted by molar-refractivity contribution is 0.282. The molecule has 0 atom stereocenters. The highest BCUT2D eigenvalue weighted by Gasteiger charge is 2.07. The van der Waals surface area contributed by atoms with E-state index in [1.54, 1.807) is 6.07 Å². The molecular formula is C20H16FN3OS. The molecule has 1 heterocycles. The number of rotatable bonds is 3. The van der Waals surface area contributed by atoms with Gasteiger partial charge in [0.1, 0.15) is 5.82 Å². The highest BCUT2D eigenvalue weighted by molar-refractivity contribution is 7.80. The summed E-state index contributed by atoms with van der Waals surface area (Å²) in [5.41, 5.74) is 4.18. The van der Waals surface area contributed by atoms with Crippen LogP contribution >= 0.6 is 12.2 Å². The van der Waals surface area contributed by atoms with Gasteiger partial charge in [-0.1, -0.05) is 18.2 Å². The molecule has 4 aromatic rings. The van der Waals surface area contributed by atoms with Crippen molar-refractivity contribution in [3.05, 3.63) is 72.0 Å². The van der Waals surface area contributed by atoms with Gasteiger partial charge in [-0.05, 0) is 60.2 Å². The van der Waals surface area contributed by atoms with E-state index in [4.69, 9.17) is 17.3 Å². The van der Waals surface area contributed by atoms with Crippen LogP contribution in [0, 0.1) is 5.82 Å². The normalized spacial score (nSPS) is 11.0. The zero-order valence-electron chi connectivity index (χ0n) is 13.7. The second-order valence-corrected chi connectivity index (χ2v) is 6.42. The number of fused-ring (bicyclic) bond motifs is 3. The molecule has 0 fully saturated rings. The topological polar surface area (TPSA) is 60.1 Å². The minimum atomic E-state index is -0.264. The van der Waals surface area contributed by atoms with E-state index < -0.39 is 0 Å². The number of halogens is 1. The Balaban J connectivity index is 1.54. The molecule has 0 saturated carbocycles. The minimum Gasteiger partial charge on any atom is -0.392 e. The first-order valence-electron chi connectivity index (χ1n) is 8.11. The summed E-state index contributed by atoms with van der Waals surface area (Å²) in [6.45, 7) is 0.0113. The van der Waals surface area contributed by atoms with E-state index in [-0.39, 0.29) is 12.4 Å². The lowest BCUT2D eigenvalue weighted by Crippen LogP contribution is -2.18. The smallest absolute Gasteiger partial charge is 0.175 e. The number of aromatic amines is 1. The molecule has 26 heavy (non-hydrogen) atoms. The predicted molar refractivity (Wildman–Crippen MR) is 108 cm³/mol. The van der Waals surface area contributed by atoms with Crippen molar-refractivity contribution in [1.82, 2.24) is 4.98 Å². The van der Waals surface area contributed by atoms with E-state index in [2.05, 4.69) is 15.6 Å². The molecule has 6 heteroatoms. The molecule has 130 valence electrons. The van der Waals surface area contributed by atoms with Gasteiger partial charge in [-0.15, -0.1) is 0 Å². The largest absolute Gasteiger partial charge is 0.392 e. The number of aliphatic hydroxyl groups excluding tert-OH is 1. The lowest BCUT2D eigenvalue weighted by atomic mass is 10.1. The zero-order valence-corrected chi connectivity index (χ0v) is 14.5. The summed E-state index contributed by atoms with van der Waals surface area (Å²) in [5, 5.41) is 17.8. The molecule has 0 spiro atoms. The molecule has 4 nitrogen and oxygen atoms in total. The molecule has 0 aliphatic carbocycles. The highest BCUT2D eigenvalue weighted by Crippen LogP contribution is 2.28. The molecule has 0 aliphatic heterocycles. The molecule has 0 radical (unpaired) electrons. The Kier molecular flexibility index (Phi) is 4.28. The maximum atomic E-state index is 13.4. The first-order valence-corrected chi connectivity index (χ1v) is 8.52. The Hall–Kier alpha value is -2.96. The van der Waals surface area contributed by atoms with Gasteiger partial charge in [-0.2, -0.15) is 0 Å². The summed E-state index contributed by atoms with van der Waals surface area (Å²) in [6.07, 6.45) is 0. The van der Waals surface area contributed by atoms with Crippen LogP contribution in [0.1, 0.15) is 5.56 Å². The molecule has 0 bridgehead atoms. The van der Waals surface area contributed by atoms with E-state index in [0.29, 0.717) is 5.11 Å². The number of hydrogen-bond acceptors (Lipinski definition) is 2. The van der Waals surface area contributed by atoms with Crippen molar-refractivity contribution in [1.29, 1.82) is 0 Å². The fourth-order valence-corrected chi connectivity index (χ4v) is 3.18. The van der Waals surface area contributed by atoms with Gasteiger partial charge >= 0.3 is 0 Å². The van der Waals surface area contributed by atoms with Crippen molar-refractivity contribution in [3.63, 3.8) is 0 Å². The van der Waals surface area contributed by atoms with Gasteiger partial charge in [-0.3, -0.25) is 0 Å². The van der Waals surface area contributed by atoms with E-state index >= 15 is 0 Å². The number of nitrogens with one attached hydrogen (secondary N) is 3. The number of H-pyrrole nitrogens is 1. The van der Waals surface area contributed by atoms with Crippen molar-refractivity contribution < 1.29 is 9.50 Å². The first-order chi connectivity index (χ1) is 12.6. The predicted octanol–water partition coefficient (Wildman–Crippen LogP) is 4.76. The van der Waals surface area contributed by atoms with Gasteiger partial charge in [0.05, 0.1) is 6.61 Å². The average molecular weight is 365 g/mol. The van der Waals surface area contributed by atoms with E-state index in [0.717, 1.165) is 38.7 Å². The van der Waals surface area contributed by atoms with E-state index in [9.17, 15) is 4.39 Å². The molecule has 0 unspecified atom stereocenters. The molecule has 0 saturated heterocycles. The van der Waals surface area contributed by atoms with Crippen molar-refractivity contribution in [3.8, 4) is 0 Å². The van der Waals surface area contributed by atoms with Crippen molar-refractivity contribution >= 4 is 50.5 Å². The molecule has 4 N–H and O–H groups in total. The van der Waals surface area contributed by atoms with Crippen molar-refractivity contribution in [2.24, 2.45) is 0 Å². The lowest BCUT2D eigenvalue weighted by Gasteiger charge is -2.11. The molecule has 4 rings (SSSR count). The number of benzene rings is 3. The average Bonchev–Trinajstić information content (AvgIpc) is 2.98. The zero-order chi connectivity index (χ0) is 18.1. The van der Waals surface area contributed by atoms with Gasteiger partial charge in [0, 0.05) is 33.2 Å². The monoisotopic (exact) mass is 365 g/mol. The van der Waals surface area contributed by atoms with Crippen LogP contribution < -0.4 is 10.6 Å². The molecule has 1 aromatic heterocycles. The Morgan fingerprint density at radius 1 is 0.885 bits per heavy atom. The van der Waals surface area contributed by atoms with Gasteiger partial charge in [0.2, 0.25) is 0 Å². The second kappa shape index (κ2) is 6.74. The highest BCUT2D eigenvalue weighted by atomic mass is 32.1. The number of hydrogen-bond donors (Lipinski definition) is 4. The Morgan fingerprint density at radius 2 is 1.50 bits per heavy atom. The van der Waals surface area contributed by atoms with Gasteiger partial charge in [0.25, 0.3) is 0 Å². The van der Waals surface area contributed by atoms with Crippen LogP contribution in [0.25, 0.3) is 21.8 Å². The van der Waals surface area contributed by atoms with Crippen molar-refractivity contribution in [2.75, 3.05) is 10.6 Å². The number of aromatic nitrogens is 1. The summed E-state index contributed by atoms with van der Waals surface area (Å²) in [5.74, 6) is -0.264. The van der Waals surface area contributed by atoms with Crippen LogP contribution in [-0.4, -0.2) is 15.2 Å². The minimum absolute atomic E-state index is 0.0113. The van der Waals surface area contributed by atoms with Crippen LogP contribution in [0.15, 0.2) is 60.7 Å². The summed E-state index contributed by atoms with van der Waals surface area (Å²) < 4.78 is 13.4. The fraction of sp³-hybridized carbons (Fsp3) is 0.0500. The second-order valence-electron chi connectivity index (χ2n) is 6.01. The van der Waals surface area contributed by atoms with Gasteiger partial charge in [-0.25, -0.2) is 4.39 Å². The Morgan fingerprint density at radius 3 is 2.23 bits per heavy atom. The van der Waals surface area contributed by atoms with Crippen LogP contribution in [0.3, 0.4) is 0 Å². The quantitative estimate of drug-likeness (QED) is 0.395. The fourth-order valence-electron chi connectivity index (χ4n) is 2.95. The van der Waals surface area contributed by atoms with Gasteiger partial charge in [0.15, 0.2) is 5.11 Å². The van der Waals surface area contributed by atoms with E-state index in [1.807, 2.05) is 42.5 Å². The SMILES string of the molecule is OCc1ccc(NC(=S)Nc2ccc3c(c2)[nH]c2cc(F)ccc23)cc1. The summed E-state index contributed by atoms with van der Waals surface area (Å²) >= 11 is 5.35. The number of aliphatic hydroxyl groups is 1. The Bertz CT molecular complexity index is 1110. The third-order valence-electron chi connectivity index (χ3n) is 4.21. The van der Waals surface area contributed by atoms with Crippen LogP contribution in [0.4, 0.5) is 15.8 Å². The maximum absolute atomic E-state index is 13.4. The summed E-state index contributed by atoms with van der Waals surface area (Å²) in [6, 6.07) is 18.0. The molecule has 3 aromatic carbocycles. The summed E-state index contributed by atoms with van der Waals surface area (Å²) in [4.78, 5) is 3.23. The third-order valence-corrected chi connectivity index (χ3v) is 4.42. The van der Waals surface area contributed by atoms with E-state index in [1.165, 1.54) is 12.1 Å². The molecule has 0 aliphatic rings. The number of anilines is 2. The summed E-state index contributed by atoms with van der Waals surface area (Å²) in [7, 11) is 0. The van der Waals surface area contributed by atoms with Gasteiger partial charge < -0.3 is 20.7 Å². The molecular weight excluding hydrogens is 349 g/mol. The molecule has 0 amide bonds. The van der Waals surface area contributed by atoms with Crippen molar-refractivity contribution in [2.45, 2.75) is 6.61 Å². The Labute approximate surface area is 154 Å². The number of thiocarbonyl (C=S) groups is 1. The standard InChI is InChI=1S/C20H16FN3OS/c21-13-3-7-16-17-8-6-15(10-19(17)24-18(16)9-13)23-20(26)22-14-4-1-12(11-25)2-5-14/h1-10,24-25H,11H2,(H2,22,23,26). The van der Waals surface area contributed by atoms with Crippen LogP contribution in [0.2, 0.25) is 0 Å². The third kappa shape index (κ3) is 3.24. The first kappa shape index (κ1) is 16.5. The van der Waals surface area contributed by atoms with Crippen LogP contribution in [-0.2, 0) is 6.61 Å². The maximum Gasteiger partial charge on any atom is 0.175 e.